The topological polar surface area (TPSA) is 191 Å². The number of ether oxygens (including phenoxy) is 5. The van der Waals surface area contributed by atoms with Gasteiger partial charge in [0.25, 0.3) is 7.41 Å². The van der Waals surface area contributed by atoms with Crippen LogP contribution < -0.4 is 5.23 Å². The maximum Gasteiger partial charge on any atom is 0.410 e. The van der Waals surface area contributed by atoms with Crippen LogP contribution in [0.25, 0.3) is 0 Å². The third kappa shape index (κ3) is 7.38. The van der Waals surface area contributed by atoms with E-state index in [-0.39, 0.29) is 25.0 Å². The zero-order valence-electron chi connectivity index (χ0n) is 35.6. The van der Waals surface area contributed by atoms with Gasteiger partial charge in [-0.2, -0.15) is 0 Å². The molecule has 11 atom stereocenters. The van der Waals surface area contributed by atoms with Crippen molar-refractivity contribution in [1.82, 2.24) is 19.9 Å². The Bertz CT molecular complexity index is 1820. The molecule has 1 aliphatic heterocycles. The molecule has 2 bridgehead atoms. The lowest BCUT2D eigenvalue weighted by molar-refractivity contribution is -0.302. The van der Waals surface area contributed by atoms with Crippen LogP contribution in [0.15, 0.2) is 41.5 Å². The summed E-state index contributed by atoms with van der Waals surface area (Å²) in [6.07, 6.45) is -7.80. The first-order valence-corrected chi connectivity index (χ1v) is 19.5. The van der Waals surface area contributed by atoms with Gasteiger partial charge in [-0.1, -0.05) is 58.0 Å². The Morgan fingerprint density at radius 3 is 2.05 bits per heavy atom. The van der Waals surface area contributed by atoms with E-state index in [9.17, 15) is 29.1 Å². The molecular formula is C41H58BN4O12. The smallest absolute Gasteiger partial charge is 0.410 e. The number of carbonyl (C=O) groups excluding carboxylic acids is 6. The second-order valence-corrected chi connectivity index (χ2v) is 17.7. The number of esters is 1. The number of amides is 3. The number of ketones is 1. The summed E-state index contributed by atoms with van der Waals surface area (Å²) >= 11 is 0. The average molecular weight is 810 g/mol. The summed E-state index contributed by atoms with van der Waals surface area (Å²) in [6, 6.07) is 7.50. The van der Waals surface area contributed by atoms with E-state index in [1.807, 2.05) is 13.8 Å². The van der Waals surface area contributed by atoms with Crippen LogP contribution >= 0.6 is 0 Å². The predicted molar refractivity (Wildman–Crippen MR) is 211 cm³/mol. The molecule has 3 aliphatic carbocycles. The Kier molecular flexibility index (Phi) is 12.5. The van der Waals surface area contributed by atoms with Gasteiger partial charge < -0.3 is 53.5 Å². The minimum atomic E-state index is -1.77. The summed E-state index contributed by atoms with van der Waals surface area (Å²) < 4.78 is 30.4. The maximum absolute atomic E-state index is 15.7. The van der Waals surface area contributed by atoms with Gasteiger partial charge in [0.1, 0.15) is 12.2 Å². The molecule has 16 nitrogen and oxygen atoms in total. The third-order valence-electron chi connectivity index (χ3n) is 13.3. The van der Waals surface area contributed by atoms with E-state index in [0.29, 0.717) is 17.3 Å². The predicted octanol–water partition coefficient (Wildman–Crippen LogP) is 3.37. The fourth-order valence-electron chi connectivity index (χ4n) is 10.1. The molecule has 3 amide bonds. The molecular weight excluding hydrogens is 751 g/mol. The fourth-order valence-corrected chi connectivity index (χ4v) is 10.1. The van der Waals surface area contributed by atoms with Gasteiger partial charge in [-0.25, -0.2) is 19.2 Å². The number of nitrogens with zero attached hydrogens (tertiary/aromatic N) is 3. The Morgan fingerprint density at radius 1 is 0.931 bits per heavy atom. The molecule has 1 radical (unpaired) electrons. The van der Waals surface area contributed by atoms with Crippen molar-refractivity contribution in [2.24, 2.45) is 28.1 Å². The number of hydrogen-bond donors (Lipinski definition) is 2. The average Bonchev–Trinajstić information content (AvgIpc) is 3.15. The normalized spacial score (nSPS) is 33.2. The number of Topliss-reactive ketones (excluding diaryl/α,β-unsaturated/α-hetero) is 1. The van der Waals surface area contributed by atoms with Gasteiger partial charge >= 0.3 is 24.2 Å². The largest absolute Gasteiger partial charge is 0.455 e. The zero-order valence-corrected chi connectivity index (χ0v) is 35.6. The van der Waals surface area contributed by atoms with Crippen LogP contribution in [0.4, 0.5) is 14.4 Å². The van der Waals surface area contributed by atoms with E-state index in [0.717, 1.165) is 12.3 Å². The Hall–Kier alpha value is -4.48. The van der Waals surface area contributed by atoms with Crippen LogP contribution in [0.2, 0.25) is 0 Å². The third-order valence-corrected chi connectivity index (χ3v) is 13.3. The number of carbonyl (C=O) groups is 6. The van der Waals surface area contributed by atoms with Crippen molar-refractivity contribution in [1.29, 1.82) is 0 Å². The highest BCUT2D eigenvalue weighted by Gasteiger charge is 2.74. The van der Waals surface area contributed by atoms with Crippen LogP contribution in [0, 0.1) is 28.1 Å². The first kappa shape index (κ1) is 44.6. The standard InChI is InChI=1S/C41H58BN4O12/c1-22-25(55-34(49)31(58-37(52)46(11)12)29(43-42-21-47)24-16-14-13-15-17-24)19-41(53)23(2)32-39(5)20-54-26(39)18-27(56-35(50)44(7)8)40(32,6)33(48)30(28(22)38(41,3)4)57-36(51)45(9)10/h13-17,21,23,25-27,29-32,43,53H,18-20H2,1-12H3/t23-,25-,26+,27-,29-,30+,31+,32+,39+,40+,41+/m0/s1. The summed E-state index contributed by atoms with van der Waals surface area (Å²) in [5.74, 6) is -2.99. The summed E-state index contributed by atoms with van der Waals surface area (Å²) in [7, 11) is 10.0. The van der Waals surface area contributed by atoms with Gasteiger partial charge in [0.15, 0.2) is 11.9 Å². The summed E-state index contributed by atoms with van der Waals surface area (Å²) in [4.78, 5) is 85.2. The van der Waals surface area contributed by atoms with Crippen molar-refractivity contribution in [2.75, 3.05) is 48.9 Å². The van der Waals surface area contributed by atoms with E-state index < -0.39 is 100 Å². The number of fused-ring (bicyclic) bond motifs is 5. The van der Waals surface area contributed by atoms with Crippen LogP contribution in [0.5, 0.6) is 0 Å². The van der Waals surface area contributed by atoms with Gasteiger partial charge in [0.05, 0.1) is 36.0 Å². The van der Waals surface area contributed by atoms with Crippen LogP contribution in [-0.4, -0.2) is 148 Å². The number of hydrogen-bond acceptors (Lipinski definition) is 13. The second-order valence-electron chi connectivity index (χ2n) is 17.7. The first-order valence-electron chi connectivity index (χ1n) is 19.5. The maximum atomic E-state index is 15.7. The molecule has 2 saturated carbocycles. The van der Waals surface area contributed by atoms with Crippen molar-refractivity contribution >= 4 is 43.6 Å². The van der Waals surface area contributed by atoms with Crippen molar-refractivity contribution in [2.45, 2.75) is 96.5 Å². The molecule has 17 heteroatoms. The molecule has 58 heavy (non-hydrogen) atoms. The van der Waals surface area contributed by atoms with Crippen molar-refractivity contribution in [3.63, 3.8) is 0 Å². The number of nitrogens with one attached hydrogen (secondary N) is 1. The van der Waals surface area contributed by atoms with Gasteiger partial charge in [0.2, 0.25) is 6.10 Å². The lowest BCUT2D eigenvalue weighted by Gasteiger charge is -2.68. The lowest BCUT2D eigenvalue weighted by atomic mass is 9.40. The molecule has 3 fully saturated rings. The summed E-state index contributed by atoms with van der Waals surface area (Å²) in [6.45, 7) is 11.0. The van der Waals surface area contributed by atoms with E-state index in [1.54, 1.807) is 58.0 Å². The van der Waals surface area contributed by atoms with Crippen molar-refractivity contribution in [3.8, 4) is 0 Å². The molecule has 0 unspecified atom stereocenters. The highest BCUT2D eigenvalue weighted by Crippen LogP contribution is 2.67. The Labute approximate surface area is 341 Å². The highest BCUT2D eigenvalue weighted by molar-refractivity contribution is 6.64. The van der Waals surface area contributed by atoms with E-state index in [4.69, 9.17) is 23.7 Å². The number of rotatable bonds is 10. The molecule has 2 N–H and O–H groups in total. The van der Waals surface area contributed by atoms with Crippen LogP contribution in [0.3, 0.4) is 0 Å². The molecule has 1 saturated heterocycles. The van der Waals surface area contributed by atoms with Crippen molar-refractivity contribution in [3.05, 3.63) is 47.0 Å². The molecule has 0 aromatic heterocycles. The number of aliphatic hydroxyl groups is 1. The van der Waals surface area contributed by atoms with E-state index in [1.165, 1.54) is 52.1 Å². The zero-order chi connectivity index (χ0) is 43.3. The van der Waals surface area contributed by atoms with Crippen LogP contribution in [0.1, 0.15) is 66.0 Å². The monoisotopic (exact) mass is 809 g/mol. The minimum absolute atomic E-state index is 0.167. The highest BCUT2D eigenvalue weighted by atomic mass is 16.6. The lowest BCUT2D eigenvalue weighted by Crippen LogP contribution is -2.75. The van der Waals surface area contributed by atoms with Gasteiger partial charge in [0, 0.05) is 66.0 Å². The molecule has 4 aliphatic rings. The quantitative estimate of drug-likeness (QED) is 0.115. The SMILES string of the molecule is CC1=C2[C@@H](OC(=O)N(C)C)C(=O)[C@]3(C)[C@@H](OC(=O)N(C)C)C[C@H]4OC[C@@]4(C)[C@H]3[C@H](C)[C@](O)(C[C@@H]1OC(=O)[C@H](OC(=O)N(C)C)[C@@H](N[B]C=O)c1ccccc1)C2(C)C. The second kappa shape index (κ2) is 16.3. The van der Waals surface area contributed by atoms with Gasteiger partial charge in [-0.05, 0) is 42.4 Å². The van der Waals surface area contributed by atoms with Gasteiger partial charge in [-0.15, -0.1) is 0 Å². The Morgan fingerprint density at radius 2 is 1.52 bits per heavy atom. The van der Waals surface area contributed by atoms with Crippen molar-refractivity contribution < 1.29 is 57.6 Å². The molecule has 1 aromatic rings. The Balaban J connectivity index is 1.71. The number of benzene rings is 1. The van der Waals surface area contributed by atoms with Gasteiger partial charge in [-0.3, -0.25) is 4.79 Å². The minimum Gasteiger partial charge on any atom is -0.455 e. The molecule has 1 heterocycles. The van der Waals surface area contributed by atoms with E-state index >= 15 is 4.79 Å². The molecule has 0 spiro atoms. The molecule has 5 rings (SSSR count). The van der Waals surface area contributed by atoms with E-state index in [2.05, 4.69) is 5.23 Å². The first-order chi connectivity index (χ1) is 27.0. The summed E-state index contributed by atoms with van der Waals surface area (Å²) in [5.41, 5.74) is -4.17. The molecule has 1 aromatic carbocycles. The summed E-state index contributed by atoms with van der Waals surface area (Å²) in [5, 5.41) is 16.3. The van der Waals surface area contributed by atoms with Crippen LogP contribution in [-0.2, 0) is 38.1 Å². The fraction of sp³-hybridized carbons (Fsp3) is 0.659. The molecule has 317 valence electrons.